The number of rotatable bonds is 4. The molecule has 3 nitrogen and oxygen atoms in total. The Kier molecular flexibility index (Phi) is 6.40. The molecule has 234 valence electrons. The fourth-order valence-electron chi connectivity index (χ4n) is 7.96. The maximum Gasteiger partial charge on any atom is 0.160 e. The van der Waals surface area contributed by atoms with Crippen LogP contribution in [0.15, 0.2) is 182 Å². The molecule has 0 amide bonds. The molecule has 1 aliphatic heterocycles. The second-order valence-corrected chi connectivity index (χ2v) is 12.9. The molecular formula is C47H30N2O. The summed E-state index contributed by atoms with van der Waals surface area (Å²) < 4.78 is 6.69. The van der Waals surface area contributed by atoms with Crippen molar-refractivity contribution in [3.8, 4) is 67.7 Å². The van der Waals surface area contributed by atoms with Gasteiger partial charge in [-0.15, -0.1) is 0 Å². The van der Waals surface area contributed by atoms with Gasteiger partial charge in [0.2, 0.25) is 0 Å². The lowest BCUT2D eigenvalue weighted by atomic mass is 9.66. The van der Waals surface area contributed by atoms with Crippen molar-refractivity contribution in [2.75, 3.05) is 0 Å². The SMILES string of the molecule is c1ccc(-c2cccc(-c3cc(-c4ccc5c(c4)C4(c6ccccc6O5)c5ccccc5-c5ccccc54)nc(-c4ccccc4)n3)c2)cc1. The average Bonchev–Trinajstić information content (AvgIpc) is 3.49. The van der Waals surface area contributed by atoms with Gasteiger partial charge in [-0.3, -0.25) is 0 Å². The van der Waals surface area contributed by atoms with E-state index < -0.39 is 5.41 Å². The largest absolute Gasteiger partial charge is 0.457 e. The van der Waals surface area contributed by atoms with Crippen molar-refractivity contribution in [1.82, 2.24) is 9.97 Å². The lowest BCUT2D eigenvalue weighted by Crippen LogP contribution is -2.32. The molecule has 0 saturated carbocycles. The highest BCUT2D eigenvalue weighted by Gasteiger charge is 2.51. The molecule has 1 spiro atoms. The van der Waals surface area contributed by atoms with Gasteiger partial charge < -0.3 is 4.74 Å². The van der Waals surface area contributed by atoms with Gasteiger partial charge in [-0.2, -0.15) is 0 Å². The molecule has 10 rings (SSSR count). The maximum atomic E-state index is 6.69. The molecule has 0 saturated heterocycles. The van der Waals surface area contributed by atoms with Crippen LogP contribution >= 0.6 is 0 Å². The lowest BCUT2D eigenvalue weighted by molar-refractivity contribution is 0.436. The molecule has 0 bridgehead atoms. The van der Waals surface area contributed by atoms with E-state index in [9.17, 15) is 0 Å². The first kappa shape index (κ1) is 28.4. The van der Waals surface area contributed by atoms with E-state index in [2.05, 4.69) is 158 Å². The van der Waals surface area contributed by atoms with Crippen molar-refractivity contribution in [3.05, 3.63) is 204 Å². The molecule has 3 heteroatoms. The minimum absolute atomic E-state index is 0.546. The average molecular weight is 639 g/mol. The number of benzene rings is 7. The summed E-state index contributed by atoms with van der Waals surface area (Å²) >= 11 is 0. The van der Waals surface area contributed by atoms with Gasteiger partial charge in [0.15, 0.2) is 5.82 Å². The number of hydrogen-bond acceptors (Lipinski definition) is 3. The van der Waals surface area contributed by atoms with E-state index in [1.54, 1.807) is 0 Å². The van der Waals surface area contributed by atoms with Gasteiger partial charge in [0.1, 0.15) is 11.5 Å². The van der Waals surface area contributed by atoms with Gasteiger partial charge in [0, 0.05) is 27.8 Å². The minimum atomic E-state index is -0.546. The first-order chi connectivity index (χ1) is 24.8. The number of hydrogen-bond donors (Lipinski definition) is 0. The predicted molar refractivity (Wildman–Crippen MR) is 201 cm³/mol. The van der Waals surface area contributed by atoms with E-state index >= 15 is 0 Å². The van der Waals surface area contributed by atoms with Crippen LogP contribution in [0.1, 0.15) is 22.3 Å². The van der Waals surface area contributed by atoms with E-state index in [1.165, 1.54) is 27.8 Å². The summed E-state index contributed by atoms with van der Waals surface area (Å²) in [5.74, 6) is 2.43. The Balaban J connectivity index is 1.21. The number of para-hydroxylation sites is 1. The summed E-state index contributed by atoms with van der Waals surface area (Å²) in [5, 5.41) is 0. The Morgan fingerprint density at radius 2 is 0.860 bits per heavy atom. The van der Waals surface area contributed by atoms with Crippen molar-refractivity contribution in [1.29, 1.82) is 0 Å². The first-order valence-electron chi connectivity index (χ1n) is 17.0. The lowest BCUT2D eigenvalue weighted by Gasteiger charge is -2.39. The number of ether oxygens (including phenoxy) is 1. The third kappa shape index (κ3) is 4.30. The van der Waals surface area contributed by atoms with Crippen LogP contribution in [-0.4, -0.2) is 9.97 Å². The monoisotopic (exact) mass is 638 g/mol. The Labute approximate surface area is 291 Å². The maximum absolute atomic E-state index is 6.69. The summed E-state index contributed by atoms with van der Waals surface area (Å²) in [6.45, 7) is 0. The summed E-state index contributed by atoms with van der Waals surface area (Å²) in [5.41, 5.74) is 13.8. The number of fused-ring (bicyclic) bond motifs is 9. The molecule has 0 atom stereocenters. The number of aromatic nitrogens is 2. The molecule has 0 fully saturated rings. The van der Waals surface area contributed by atoms with Crippen LogP contribution in [0.2, 0.25) is 0 Å². The zero-order valence-electron chi connectivity index (χ0n) is 27.1. The Bertz CT molecular complexity index is 2530. The predicted octanol–water partition coefficient (Wildman–Crippen LogP) is 11.6. The quantitative estimate of drug-likeness (QED) is 0.192. The highest BCUT2D eigenvalue weighted by atomic mass is 16.5. The Morgan fingerprint density at radius 1 is 0.340 bits per heavy atom. The van der Waals surface area contributed by atoms with Crippen LogP contribution in [0.25, 0.3) is 56.2 Å². The van der Waals surface area contributed by atoms with Crippen LogP contribution in [0.3, 0.4) is 0 Å². The fourth-order valence-corrected chi connectivity index (χ4v) is 7.96. The molecule has 2 heterocycles. The summed E-state index contributed by atoms with van der Waals surface area (Å²) in [6, 6.07) is 64.1. The summed E-state index contributed by atoms with van der Waals surface area (Å²) in [6.07, 6.45) is 0. The molecule has 0 radical (unpaired) electrons. The Hall–Kier alpha value is -6.58. The van der Waals surface area contributed by atoms with Crippen LogP contribution in [-0.2, 0) is 5.41 Å². The van der Waals surface area contributed by atoms with Crippen LogP contribution in [0.5, 0.6) is 11.5 Å². The second-order valence-electron chi connectivity index (χ2n) is 12.9. The second kappa shape index (κ2) is 11.3. The van der Waals surface area contributed by atoms with Gasteiger partial charge in [0.25, 0.3) is 0 Å². The van der Waals surface area contributed by atoms with Crippen LogP contribution < -0.4 is 4.74 Å². The molecule has 0 unspecified atom stereocenters. The van der Waals surface area contributed by atoms with Crippen molar-refractivity contribution >= 4 is 0 Å². The van der Waals surface area contributed by atoms with E-state index in [0.717, 1.165) is 56.3 Å². The third-order valence-electron chi connectivity index (χ3n) is 10.2. The van der Waals surface area contributed by atoms with Crippen LogP contribution in [0.4, 0.5) is 0 Å². The van der Waals surface area contributed by atoms with Gasteiger partial charge in [-0.1, -0.05) is 146 Å². The highest BCUT2D eigenvalue weighted by Crippen LogP contribution is 2.62. The number of nitrogens with zero attached hydrogens (tertiary/aromatic N) is 2. The minimum Gasteiger partial charge on any atom is -0.457 e. The molecule has 50 heavy (non-hydrogen) atoms. The first-order valence-corrected chi connectivity index (χ1v) is 17.0. The van der Waals surface area contributed by atoms with E-state index in [-0.39, 0.29) is 0 Å². The normalized spacial score (nSPS) is 13.1. The van der Waals surface area contributed by atoms with Gasteiger partial charge in [0.05, 0.1) is 16.8 Å². The smallest absolute Gasteiger partial charge is 0.160 e. The standard InChI is InChI=1S/C47H30N2O/c1-3-14-31(15-4-1)33-18-13-19-34(28-33)42-30-43(49-46(48-42)32-16-5-2-6-17-32)35-26-27-45-41(29-35)47(40-24-11-12-25-44(40)50-45)38-22-9-7-20-36(38)37-21-8-10-23-39(37)47/h1-30H. The van der Waals surface area contributed by atoms with Crippen molar-refractivity contribution in [3.63, 3.8) is 0 Å². The van der Waals surface area contributed by atoms with Crippen LogP contribution in [0, 0.1) is 0 Å². The zero-order chi connectivity index (χ0) is 33.1. The van der Waals surface area contributed by atoms with Gasteiger partial charge in [-0.05, 0) is 69.8 Å². The molecule has 1 aliphatic carbocycles. The van der Waals surface area contributed by atoms with E-state index in [4.69, 9.17) is 14.7 Å². The zero-order valence-corrected chi connectivity index (χ0v) is 27.1. The van der Waals surface area contributed by atoms with E-state index in [1.807, 2.05) is 24.3 Å². The molecule has 2 aliphatic rings. The fraction of sp³-hybridized carbons (Fsp3) is 0.0213. The molecule has 7 aromatic carbocycles. The topological polar surface area (TPSA) is 35.0 Å². The highest BCUT2D eigenvalue weighted by molar-refractivity contribution is 5.89. The third-order valence-corrected chi connectivity index (χ3v) is 10.2. The molecule has 8 aromatic rings. The molecule has 0 N–H and O–H groups in total. The van der Waals surface area contributed by atoms with Crippen molar-refractivity contribution < 1.29 is 4.74 Å². The van der Waals surface area contributed by atoms with Gasteiger partial charge in [-0.25, -0.2) is 9.97 Å². The van der Waals surface area contributed by atoms with Crippen molar-refractivity contribution in [2.24, 2.45) is 0 Å². The van der Waals surface area contributed by atoms with E-state index in [0.29, 0.717) is 5.82 Å². The summed E-state index contributed by atoms with van der Waals surface area (Å²) in [4.78, 5) is 10.4. The molecule has 1 aromatic heterocycles. The molecular weight excluding hydrogens is 609 g/mol. The van der Waals surface area contributed by atoms with Crippen molar-refractivity contribution in [2.45, 2.75) is 5.41 Å². The van der Waals surface area contributed by atoms with Gasteiger partial charge >= 0.3 is 0 Å². The summed E-state index contributed by atoms with van der Waals surface area (Å²) in [7, 11) is 0. The Morgan fingerprint density at radius 3 is 1.56 bits per heavy atom.